The van der Waals surface area contributed by atoms with E-state index in [1.54, 1.807) is 0 Å². The van der Waals surface area contributed by atoms with Gasteiger partial charge in [0.1, 0.15) is 11.3 Å². The maximum absolute atomic E-state index is 6.12. The van der Waals surface area contributed by atoms with Crippen molar-refractivity contribution in [3.63, 3.8) is 0 Å². The van der Waals surface area contributed by atoms with E-state index in [4.69, 9.17) is 16.3 Å². The second-order valence-corrected chi connectivity index (χ2v) is 3.80. The second kappa shape index (κ2) is 4.20. The van der Waals surface area contributed by atoms with Crippen LogP contribution in [0.25, 0.3) is 0 Å². The zero-order valence-corrected chi connectivity index (χ0v) is 8.97. The summed E-state index contributed by atoms with van der Waals surface area (Å²) in [6, 6.07) is 6.12. The van der Waals surface area contributed by atoms with Gasteiger partial charge in [0.05, 0.1) is 6.61 Å². The summed E-state index contributed by atoms with van der Waals surface area (Å²) in [5, 5.41) is 3.21. The first-order valence-corrected chi connectivity index (χ1v) is 5.38. The fourth-order valence-corrected chi connectivity index (χ4v) is 2.07. The molecule has 0 bridgehead atoms. The Bertz CT molecular complexity index is 327. The lowest BCUT2D eigenvalue weighted by Gasteiger charge is -2.22. The Morgan fingerprint density at radius 3 is 3.21 bits per heavy atom. The Hall–Kier alpha value is -0.730. The number of benzene rings is 1. The zero-order chi connectivity index (χ0) is 9.97. The van der Waals surface area contributed by atoms with Crippen LogP contribution in [0.5, 0.6) is 5.75 Å². The van der Waals surface area contributed by atoms with Gasteiger partial charge in [0, 0.05) is 6.54 Å². The topological polar surface area (TPSA) is 21.3 Å². The number of hydrogen-bond donors (Lipinski definition) is 1. The number of nitrogens with one attached hydrogen (secondary N) is 1. The van der Waals surface area contributed by atoms with Gasteiger partial charge in [-0.3, -0.25) is 5.32 Å². The Morgan fingerprint density at radius 1 is 1.57 bits per heavy atom. The van der Waals surface area contributed by atoms with Gasteiger partial charge in [-0.05, 0) is 36.6 Å². The lowest BCUT2D eigenvalue weighted by Crippen LogP contribution is -2.26. The standard InChI is InChI=1S/C11H14ClNO/c1-2-14-9-3-4-10-8(7-9)5-6-13-11(10)12/h3-4,7,11,13H,2,5-6H2,1H3. The minimum Gasteiger partial charge on any atom is -0.494 e. The molecule has 0 fully saturated rings. The van der Waals surface area contributed by atoms with Crippen LogP contribution >= 0.6 is 11.6 Å². The summed E-state index contributed by atoms with van der Waals surface area (Å²) in [6.07, 6.45) is 1.03. The van der Waals surface area contributed by atoms with Gasteiger partial charge in [0.2, 0.25) is 0 Å². The molecule has 2 rings (SSSR count). The fraction of sp³-hybridized carbons (Fsp3) is 0.455. The Balaban J connectivity index is 2.29. The van der Waals surface area contributed by atoms with E-state index < -0.39 is 0 Å². The maximum Gasteiger partial charge on any atom is 0.119 e. The monoisotopic (exact) mass is 211 g/mol. The third-order valence-corrected chi connectivity index (χ3v) is 2.81. The van der Waals surface area contributed by atoms with Crippen LogP contribution in [0, 0.1) is 0 Å². The largest absolute Gasteiger partial charge is 0.494 e. The summed E-state index contributed by atoms with van der Waals surface area (Å²) in [4.78, 5) is 0. The average molecular weight is 212 g/mol. The van der Waals surface area contributed by atoms with E-state index in [0.717, 1.165) is 18.7 Å². The van der Waals surface area contributed by atoms with Gasteiger partial charge in [-0.1, -0.05) is 6.07 Å². The van der Waals surface area contributed by atoms with Crippen molar-refractivity contribution in [3.05, 3.63) is 29.3 Å². The van der Waals surface area contributed by atoms with Crippen molar-refractivity contribution in [2.45, 2.75) is 18.8 Å². The molecular weight excluding hydrogens is 198 g/mol. The fourth-order valence-electron chi connectivity index (χ4n) is 1.75. The molecule has 1 atom stereocenters. The van der Waals surface area contributed by atoms with E-state index in [0.29, 0.717) is 6.61 Å². The van der Waals surface area contributed by atoms with E-state index in [9.17, 15) is 0 Å². The molecule has 1 heterocycles. The molecule has 1 N–H and O–H groups in total. The summed E-state index contributed by atoms with van der Waals surface area (Å²) in [6.45, 7) is 3.64. The molecule has 0 spiro atoms. The van der Waals surface area contributed by atoms with Gasteiger partial charge >= 0.3 is 0 Å². The summed E-state index contributed by atoms with van der Waals surface area (Å²) in [5.41, 5.74) is 2.44. The SMILES string of the molecule is CCOc1ccc2c(c1)CCNC2Cl. The lowest BCUT2D eigenvalue weighted by atomic mass is 10.0. The van der Waals surface area contributed by atoms with Gasteiger partial charge in [-0.2, -0.15) is 0 Å². The highest BCUT2D eigenvalue weighted by Crippen LogP contribution is 2.28. The average Bonchev–Trinajstić information content (AvgIpc) is 2.18. The zero-order valence-electron chi connectivity index (χ0n) is 8.22. The predicted molar refractivity (Wildman–Crippen MR) is 57.9 cm³/mol. The van der Waals surface area contributed by atoms with Crippen molar-refractivity contribution < 1.29 is 4.74 Å². The smallest absolute Gasteiger partial charge is 0.119 e. The molecule has 0 saturated carbocycles. The Morgan fingerprint density at radius 2 is 2.43 bits per heavy atom. The minimum absolute atomic E-state index is 0.0468. The highest BCUT2D eigenvalue weighted by Gasteiger charge is 2.17. The van der Waals surface area contributed by atoms with Gasteiger partial charge in [0.25, 0.3) is 0 Å². The van der Waals surface area contributed by atoms with Crippen molar-refractivity contribution in [1.29, 1.82) is 0 Å². The maximum atomic E-state index is 6.12. The molecule has 0 saturated heterocycles. The highest BCUT2D eigenvalue weighted by atomic mass is 35.5. The summed E-state index contributed by atoms with van der Waals surface area (Å²) >= 11 is 6.12. The molecule has 3 heteroatoms. The third-order valence-electron chi connectivity index (χ3n) is 2.42. The normalized spacial score (nSPS) is 20.3. The molecule has 14 heavy (non-hydrogen) atoms. The number of ether oxygens (including phenoxy) is 1. The molecule has 0 amide bonds. The van der Waals surface area contributed by atoms with Gasteiger partial charge in [-0.25, -0.2) is 0 Å². The van der Waals surface area contributed by atoms with Crippen molar-refractivity contribution in [1.82, 2.24) is 5.32 Å². The van der Waals surface area contributed by atoms with Crippen molar-refractivity contribution >= 4 is 11.6 Å². The molecule has 1 unspecified atom stereocenters. The molecule has 1 aliphatic heterocycles. The molecule has 0 aliphatic carbocycles. The second-order valence-electron chi connectivity index (χ2n) is 3.36. The van der Waals surface area contributed by atoms with Gasteiger partial charge in [-0.15, -0.1) is 11.6 Å². The van der Waals surface area contributed by atoms with Crippen LogP contribution in [0.3, 0.4) is 0 Å². The Labute approximate surface area is 89.2 Å². The van der Waals surface area contributed by atoms with Crippen LogP contribution in [-0.4, -0.2) is 13.2 Å². The van der Waals surface area contributed by atoms with Crippen LogP contribution in [0.1, 0.15) is 23.6 Å². The molecule has 0 radical (unpaired) electrons. The third kappa shape index (κ3) is 1.86. The van der Waals surface area contributed by atoms with Crippen LogP contribution in [0.4, 0.5) is 0 Å². The molecule has 1 aliphatic rings. The number of rotatable bonds is 2. The molecule has 0 aromatic heterocycles. The first-order valence-electron chi connectivity index (χ1n) is 4.94. The lowest BCUT2D eigenvalue weighted by molar-refractivity contribution is 0.339. The van der Waals surface area contributed by atoms with Gasteiger partial charge in [0.15, 0.2) is 0 Å². The molecule has 76 valence electrons. The van der Waals surface area contributed by atoms with Crippen LogP contribution in [-0.2, 0) is 6.42 Å². The van der Waals surface area contributed by atoms with Crippen LogP contribution in [0.2, 0.25) is 0 Å². The number of fused-ring (bicyclic) bond motifs is 1. The quantitative estimate of drug-likeness (QED) is 0.600. The predicted octanol–water partition coefficient (Wildman–Crippen LogP) is 2.47. The molecule has 2 nitrogen and oxygen atoms in total. The van der Waals surface area contributed by atoms with Gasteiger partial charge < -0.3 is 4.74 Å². The molecule has 1 aromatic carbocycles. The van der Waals surface area contributed by atoms with E-state index >= 15 is 0 Å². The van der Waals surface area contributed by atoms with E-state index in [2.05, 4.69) is 11.4 Å². The number of halogens is 1. The van der Waals surface area contributed by atoms with E-state index in [1.807, 2.05) is 19.1 Å². The van der Waals surface area contributed by atoms with E-state index in [1.165, 1.54) is 11.1 Å². The van der Waals surface area contributed by atoms with Crippen molar-refractivity contribution in [3.8, 4) is 5.75 Å². The summed E-state index contributed by atoms with van der Waals surface area (Å²) in [5.74, 6) is 0.942. The summed E-state index contributed by atoms with van der Waals surface area (Å²) in [7, 11) is 0. The van der Waals surface area contributed by atoms with Crippen molar-refractivity contribution in [2.75, 3.05) is 13.2 Å². The highest BCUT2D eigenvalue weighted by molar-refractivity contribution is 6.20. The Kier molecular flexibility index (Phi) is 2.94. The first kappa shape index (κ1) is 9.81. The van der Waals surface area contributed by atoms with Crippen LogP contribution < -0.4 is 10.1 Å². The first-order chi connectivity index (χ1) is 6.81. The summed E-state index contributed by atoms with van der Waals surface area (Å²) < 4.78 is 5.44. The van der Waals surface area contributed by atoms with Crippen LogP contribution in [0.15, 0.2) is 18.2 Å². The minimum atomic E-state index is -0.0468. The van der Waals surface area contributed by atoms with Crippen molar-refractivity contribution in [2.24, 2.45) is 0 Å². The number of alkyl halides is 1. The van der Waals surface area contributed by atoms with E-state index in [-0.39, 0.29) is 5.50 Å². The molecule has 1 aromatic rings. The molecular formula is C11H14ClNO. The number of hydrogen-bond acceptors (Lipinski definition) is 2.